The van der Waals surface area contributed by atoms with E-state index < -0.39 is 14.1 Å². The molecule has 0 amide bonds. The molecule has 1 aliphatic heterocycles. The Labute approximate surface area is 139 Å². The van der Waals surface area contributed by atoms with Crippen LogP contribution in [-0.4, -0.2) is 31.7 Å². The highest BCUT2D eigenvalue weighted by atomic mass is 35.5. The second-order valence-electron chi connectivity index (χ2n) is 5.19. The maximum absolute atomic E-state index is 6.65. The summed E-state index contributed by atoms with van der Waals surface area (Å²) in [6.45, 7) is 0. The lowest BCUT2D eigenvalue weighted by Gasteiger charge is -2.35. The molecular weight excluding hydrogens is 384 g/mol. The van der Waals surface area contributed by atoms with Crippen molar-refractivity contribution in [3.05, 3.63) is 10.1 Å². The minimum Gasteiger partial charge on any atom is -0.368 e. The summed E-state index contributed by atoms with van der Waals surface area (Å²) in [6.07, 6.45) is -0.152. The molecule has 2 bridgehead atoms. The zero-order valence-corrected chi connectivity index (χ0v) is 13.7. The Bertz CT molecular complexity index is 476. The summed E-state index contributed by atoms with van der Waals surface area (Å²) < 4.78 is 4.00. The summed E-state index contributed by atoms with van der Waals surface area (Å²) in [5.74, 6) is -0.457. The van der Waals surface area contributed by atoms with Crippen LogP contribution >= 0.6 is 81.2 Å². The smallest absolute Gasteiger partial charge is 0.166 e. The van der Waals surface area contributed by atoms with Crippen LogP contribution in [0.3, 0.4) is 0 Å². The van der Waals surface area contributed by atoms with Crippen LogP contribution in [0.5, 0.6) is 0 Å². The number of epoxide rings is 1. The molecule has 100 valence electrons. The van der Waals surface area contributed by atoms with Gasteiger partial charge in [0.25, 0.3) is 0 Å². The molecular formula is C10H5Cl7O. The molecule has 4 rings (SSSR count). The van der Waals surface area contributed by atoms with E-state index in [1.165, 1.54) is 0 Å². The molecule has 0 radical (unpaired) electrons. The third-order valence-electron chi connectivity index (χ3n) is 4.62. The number of rotatable bonds is 0. The van der Waals surface area contributed by atoms with E-state index in [0.29, 0.717) is 0 Å². The second kappa shape index (κ2) is 3.38. The van der Waals surface area contributed by atoms with Gasteiger partial charge in [-0.05, 0) is 0 Å². The van der Waals surface area contributed by atoms with Crippen molar-refractivity contribution in [2.24, 2.45) is 11.8 Å². The van der Waals surface area contributed by atoms with E-state index in [1.54, 1.807) is 0 Å². The van der Waals surface area contributed by atoms with Crippen LogP contribution in [0.4, 0.5) is 0 Å². The molecule has 18 heavy (non-hydrogen) atoms. The highest BCUT2D eigenvalue weighted by molar-refractivity contribution is 6.66. The minimum atomic E-state index is -1.50. The minimum absolute atomic E-state index is 0.0608. The molecule has 4 aliphatic rings. The van der Waals surface area contributed by atoms with Crippen LogP contribution in [0.25, 0.3) is 0 Å². The molecule has 3 fully saturated rings. The van der Waals surface area contributed by atoms with Gasteiger partial charge in [-0.15, -0.1) is 34.8 Å². The largest absolute Gasteiger partial charge is 0.368 e. The van der Waals surface area contributed by atoms with Gasteiger partial charge in [-0.25, -0.2) is 0 Å². The lowest BCUT2D eigenvalue weighted by Crippen LogP contribution is -2.46. The van der Waals surface area contributed by atoms with Gasteiger partial charge < -0.3 is 4.74 Å². The summed E-state index contributed by atoms with van der Waals surface area (Å²) in [6, 6.07) is 0. The van der Waals surface area contributed by atoms with Crippen LogP contribution in [0.1, 0.15) is 0 Å². The van der Waals surface area contributed by atoms with Gasteiger partial charge in [0.15, 0.2) is 4.33 Å². The fourth-order valence-corrected chi connectivity index (χ4v) is 7.49. The van der Waals surface area contributed by atoms with Gasteiger partial charge in [0, 0.05) is 11.8 Å². The van der Waals surface area contributed by atoms with Gasteiger partial charge in [-0.2, -0.15) is 0 Å². The number of hydrogen-bond acceptors (Lipinski definition) is 1. The third-order valence-corrected chi connectivity index (χ3v) is 9.44. The first-order valence-corrected chi connectivity index (χ1v) is 8.02. The van der Waals surface area contributed by atoms with Gasteiger partial charge in [0.1, 0.15) is 15.9 Å². The lowest BCUT2D eigenvalue weighted by atomic mass is 9.83. The van der Waals surface area contributed by atoms with E-state index in [-0.39, 0.29) is 39.5 Å². The standard InChI is InChI=1S/C10H5Cl7O/c11-3-1-2(4-5(3)18-4)9(15)7(13)6(12)8(1,14)10(9,16)17/h1-5H/t1-,2+,3+,4-,5+,8-,9+/m1/s1. The Morgan fingerprint density at radius 2 is 1.33 bits per heavy atom. The van der Waals surface area contributed by atoms with Crippen molar-refractivity contribution >= 4 is 81.2 Å². The maximum Gasteiger partial charge on any atom is 0.166 e. The van der Waals surface area contributed by atoms with E-state index >= 15 is 0 Å². The number of fused-ring (bicyclic) bond motifs is 7. The van der Waals surface area contributed by atoms with E-state index in [2.05, 4.69) is 0 Å². The summed E-state index contributed by atoms with van der Waals surface area (Å²) in [7, 11) is 0. The Hall–Kier alpha value is 1.73. The van der Waals surface area contributed by atoms with Crippen molar-refractivity contribution < 1.29 is 4.74 Å². The number of halogens is 7. The fourth-order valence-electron chi connectivity index (χ4n) is 3.80. The average molecular weight is 389 g/mol. The zero-order chi connectivity index (χ0) is 13.2. The molecule has 0 spiro atoms. The number of ether oxygens (including phenoxy) is 1. The number of hydrogen-bond donors (Lipinski definition) is 0. The summed E-state index contributed by atoms with van der Waals surface area (Å²) >= 11 is 45.0. The average Bonchev–Trinajstić information content (AvgIpc) is 2.98. The fraction of sp³-hybridized carbons (Fsp3) is 0.800. The molecule has 2 saturated carbocycles. The molecule has 7 atom stereocenters. The monoisotopic (exact) mass is 386 g/mol. The van der Waals surface area contributed by atoms with E-state index in [4.69, 9.17) is 85.9 Å². The Morgan fingerprint density at radius 3 is 1.89 bits per heavy atom. The zero-order valence-electron chi connectivity index (χ0n) is 8.44. The molecule has 8 heteroatoms. The summed E-state index contributed by atoms with van der Waals surface area (Å²) in [4.78, 5) is -2.48. The number of alkyl halides is 5. The second-order valence-corrected chi connectivity index (χ2v) is 8.97. The van der Waals surface area contributed by atoms with Crippen molar-refractivity contribution in [2.75, 3.05) is 0 Å². The van der Waals surface area contributed by atoms with E-state index in [9.17, 15) is 0 Å². The van der Waals surface area contributed by atoms with Crippen molar-refractivity contribution in [1.82, 2.24) is 0 Å². The Balaban J connectivity index is 2.01. The predicted octanol–water partition coefficient (Wildman–Crippen LogP) is 4.45. The van der Waals surface area contributed by atoms with Gasteiger partial charge >= 0.3 is 0 Å². The SMILES string of the molecule is ClC1=C(Cl)[C@]2(Cl)[C@H]3[C@H](Cl)[C@@H]4O[C@@H]4[C@H]3[C@@]1(Cl)C2(Cl)Cl. The van der Waals surface area contributed by atoms with Crippen molar-refractivity contribution in [2.45, 2.75) is 31.7 Å². The first kappa shape index (κ1) is 13.4. The summed E-state index contributed by atoms with van der Waals surface area (Å²) in [5.41, 5.74) is 0. The normalized spacial score (nSPS) is 63.2. The molecule has 0 aromatic carbocycles. The van der Waals surface area contributed by atoms with Crippen LogP contribution in [0, 0.1) is 11.8 Å². The van der Waals surface area contributed by atoms with Crippen LogP contribution in [0.15, 0.2) is 10.1 Å². The van der Waals surface area contributed by atoms with Crippen LogP contribution in [-0.2, 0) is 4.74 Å². The van der Waals surface area contributed by atoms with Gasteiger partial charge in [0.2, 0.25) is 0 Å². The molecule has 0 unspecified atom stereocenters. The highest BCUT2D eigenvalue weighted by Gasteiger charge is 2.89. The topological polar surface area (TPSA) is 12.5 Å². The Morgan fingerprint density at radius 1 is 0.833 bits per heavy atom. The highest BCUT2D eigenvalue weighted by Crippen LogP contribution is 2.81. The van der Waals surface area contributed by atoms with E-state index in [0.717, 1.165) is 0 Å². The summed E-state index contributed by atoms with van der Waals surface area (Å²) in [5, 5.41) is 0.111. The van der Waals surface area contributed by atoms with Crippen molar-refractivity contribution in [1.29, 1.82) is 0 Å². The molecule has 1 saturated heterocycles. The third kappa shape index (κ3) is 1.02. The molecule has 0 aromatic heterocycles. The van der Waals surface area contributed by atoms with Gasteiger partial charge in [-0.3, -0.25) is 0 Å². The molecule has 1 nitrogen and oxygen atoms in total. The first-order chi connectivity index (χ1) is 8.20. The predicted molar refractivity (Wildman–Crippen MR) is 75.6 cm³/mol. The maximum atomic E-state index is 6.65. The van der Waals surface area contributed by atoms with Gasteiger partial charge in [-0.1, -0.05) is 46.4 Å². The molecule has 0 N–H and O–H groups in total. The Kier molecular flexibility index (Phi) is 2.52. The first-order valence-electron chi connectivity index (χ1n) is 5.32. The molecule has 1 heterocycles. The lowest BCUT2D eigenvalue weighted by molar-refractivity contribution is 0.204. The molecule has 3 aliphatic carbocycles. The quantitative estimate of drug-likeness (QED) is 0.441. The van der Waals surface area contributed by atoms with Crippen LogP contribution < -0.4 is 0 Å². The van der Waals surface area contributed by atoms with Gasteiger partial charge in [0.05, 0.1) is 21.5 Å². The van der Waals surface area contributed by atoms with Crippen molar-refractivity contribution in [3.63, 3.8) is 0 Å². The van der Waals surface area contributed by atoms with Crippen LogP contribution in [0.2, 0.25) is 0 Å². The van der Waals surface area contributed by atoms with Crippen molar-refractivity contribution in [3.8, 4) is 0 Å². The van der Waals surface area contributed by atoms with E-state index in [1.807, 2.05) is 0 Å². The number of allylic oxidation sites excluding steroid dienone is 2. The molecule has 0 aromatic rings.